The highest BCUT2D eigenvalue weighted by atomic mass is 16.5. The molecule has 0 radical (unpaired) electrons. The van der Waals surface area contributed by atoms with Crippen LogP contribution >= 0.6 is 0 Å². The minimum Gasteiger partial charge on any atom is -0.492 e. The third-order valence-electron chi connectivity index (χ3n) is 4.75. The zero-order valence-electron chi connectivity index (χ0n) is 15.3. The molecule has 138 valence electrons. The lowest BCUT2D eigenvalue weighted by Crippen LogP contribution is -2.41. The second kappa shape index (κ2) is 9.22. The Labute approximate surface area is 155 Å². The van der Waals surface area contributed by atoms with Gasteiger partial charge in [0.2, 0.25) is 0 Å². The van der Waals surface area contributed by atoms with Crippen molar-refractivity contribution in [3.05, 3.63) is 54.4 Å². The predicted octanol–water partition coefficient (Wildman–Crippen LogP) is 3.48. The highest BCUT2D eigenvalue weighted by molar-refractivity contribution is 5.77. The minimum atomic E-state index is 0.0663. The van der Waals surface area contributed by atoms with Crippen molar-refractivity contribution in [1.82, 2.24) is 9.88 Å². The van der Waals surface area contributed by atoms with Crippen LogP contribution in [0, 0.1) is 12.8 Å². The number of pyridine rings is 1. The van der Waals surface area contributed by atoms with Crippen molar-refractivity contribution in [2.24, 2.45) is 5.92 Å². The van der Waals surface area contributed by atoms with E-state index in [2.05, 4.69) is 4.98 Å². The number of hydrogen-bond acceptors (Lipinski definition) is 4. The third kappa shape index (κ3) is 5.48. The number of carbonyl (C=O) groups excluding carboxylic acids is 1. The lowest BCUT2D eigenvalue weighted by molar-refractivity contribution is -0.134. The lowest BCUT2D eigenvalue weighted by Gasteiger charge is -2.32. The van der Waals surface area contributed by atoms with E-state index in [4.69, 9.17) is 9.47 Å². The Balaban J connectivity index is 1.34. The van der Waals surface area contributed by atoms with Crippen molar-refractivity contribution in [2.45, 2.75) is 26.2 Å². The van der Waals surface area contributed by atoms with Crippen LogP contribution in [0.1, 0.15) is 24.8 Å². The van der Waals surface area contributed by atoms with E-state index in [1.165, 1.54) is 0 Å². The first-order valence-electron chi connectivity index (χ1n) is 9.21. The van der Waals surface area contributed by atoms with E-state index in [0.717, 1.165) is 49.4 Å². The largest absolute Gasteiger partial charge is 0.492 e. The Hall–Kier alpha value is -2.56. The van der Waals surface area contributed by atoms with E-state index in [1.54, 1.807) is 12.4 Å². The fraction of sp³-hybridized carbons (Fsp3) is 0.429. The number of nitrogens with zero attached hydrogens (tertiary/aromatic N) is 2. The molecular weight excluding hydrogens is 328 g/mol. The number of piperidine rings is 1. The van der Waals surface area contributed by atoms with Crippen LogP contribution in [0.15, 0.2) is 48.8 Å². The van der Waals surface area contributed by atoms with Crippen LogP contribution < -0.4 is 9.47 Å². The van der Waals surface area contributed by atoms with Crippen LogP contribution in [0.25, 0.3) is 0 Å². The van der Waals surface area contributed by atoms with Gasteiger partial charge in [-0.05, 0) is 61.9 Å². The molecule has 0 spiro atoms. The van der Waals surface area contributed by atoms with E-state index in [1.807, 2.05) is 48.2 Å². The van der Waals surface area contributed by atoms with Gasteiger partial charge in [-0.25, -0.2) is 0 Å². The number of benzene rings is 1. The van der Waals surface area contributed by atoms with Crippen molar-refractivity contribution in [1.29, 1.82) is 0 Å². The van der Waals surface area contributed by atoms with Gasteiger partial charge in [0.15, 0.2) is 6.61 Å². The van der Waals surface area contributed by atoms with Crippen LogP contribution in [0.4, 0.5) is 0 Å². The number of ether oxygens (including phenoxy) is 2. The molecule has 0 aliphatic carbocycles. The van der Waals surface area contributed by atoms with Gasteiger partial charge < -0.3 is 14.4 Å². The number of rotatable bonds is 7. The summed E-state index contributed by atoms with van der Waals surface area (Å²) in [7, 11) is 0. The summed E-state index contributed by atoms with van der Waals surface area (Å²) in [4.78, 5) is 18.3. The molecule has 2 heterocycles. The van der Waals surface area contributed by atoms with Crippen LogP contribution in [0.2, 0.25) is 0 Å². The van der Waals surface area contributed by atoms with Gasteiger partial charge in [0.05, 0.1) is 12.8 Å². The second-order valence-corrected chi connectivity index (χ2v) is 6.76. The van der Waals surface area contributed by atoms with Gasteiger partial charge in [-0.2, -0.15) is 0 Å². The van der Waals surface area contributed by atoms with Gasteiger partial charge in [-0.3, -0.25) is 9.78 Å². The zero-order chi connectivity index (χ0) is 18.2. The molecule has 0 atom stereocenters. The first-order chi connectivity index (χ1) is 12.7. The van der Waals surface area contributed by atoms with Crippen molar-refractivity contribution >= 4 is 5.91 Å². The molecule has 5 heteroatoms. The Morgan fingerprint density at radius 3 is 2.69 bits per heavy atom. The van der Waals surface area contributed by atoms with Crippen LogP contribution in [0.3, 0.4) is 0 Å². The standard InChI is InChI=1S/C21H26N2O3/c1-17-4-2-5-19(14-17)26-16-21(24)23-11-7-18(8-12-23)9-13-25-20-6-3-10-22-15-20/h2-6,10,14-15,18H,7-9,11-13,16H2,1H3. The molecule has 0 bridgehead atoms. The number of likely N-dealkylation sites (tertiary alicyclic amines) is 1. The average molecular weight is 354 g/mol. The molecule has 1 amide bonds. The van der Waals surface area contributed by atoms with E-state index >= 15 is 0 Å². The van der Waals surface area contributed by atoms with Crippen molar-refractivity contribution in [2.75, 3.05) is 26.3 Å². The highest BCUT2D eigenvalue weighted by Crippen LogP contribution is 2.21. The molecule has 26 heavy (non-hydrogen) atoms. The normalized spacial score (nSPS) is 14.9. The van der Waals surface area contributed by atoms with Crippen molar-refractivity contribution in [3.63, 3.8) is 0 Å². The lowest BCUT2D eigenvalue weighted by atomic mass is 9.94. The maximum Gasteiger partial charge on any atom is 0.260 e. The van der Waals surface area contributed by atoms with Gasteiger partial charge in [-0.15, -0.1) is 0 Å². The highest BCUT2D eigenvalue weighted by Gasteiger charge is 2.23. The molecule has 2 aromatic rings. The summed E-state index contributed by atoms with van der Waals surface area (Å²) >= 11 is 0. The van der Waals surface area contributed by atoms with Gasteiger partial charge in [0.1, 0.15) is 11.5 Å². The molecule has 1 saturated heterocycles. The SMILES string of the molecule is Cc1cccc(OCC(=O)N2CCC(CCOc3cccnc3)CC2)c1. The molecule has 1 aromatic carbocycles. The van der Waals surface area contributed by atoms with Crippen LogP contribution in [0.5, 0.6) is 11.5 Å². The zero-order valence-corrected chi connectivity index (χ0v) is 15.3. The molecule has 1 aliphatic rings. The van der Waals surface area contributed by atoms with Crippen molar-refractivity contribution in [3.8, 4) is 11.5 Å². The fourth-order valence-corrected chi connectivity index (χ4v) is 3.19. The molecule has 5 nitrogen and oxygen atoms in total. The summed E-state index contributed by atoms with van der Waals surface area (Å²) < 4.78 is 11.3. The number of hydrogen-bond donors (Lipinski definition) is 0. The van der Waals surface area contributed by atoms with Gasteiger partial charge in [-0.1, -0.05) is 12.1 Å². The summed E-state index contributed by atoms with van der Waals surface area (Å²) in [5.41, 5.74) is 1.13. The van der Waals surface area contributed by atoms with Crippen LogP contribution in [-0.4, -0.2) is 42.1 Å². The predicted molar refractivity (Wildman–Crippen MR) is 100 cm³/mol. The summed E-state index contributed by atoms with van der Waals surface area (Å²) in [6.07, 6.45) is 6.52. The molecule has 0 N–H and O–H groups in total. The molecule has 1 fully saturated rings. The Bertz CT molecular complexity index is 697. The molecule has 3 rings (SSSR count). The maximum absolute atomic E-state index is 12.3. The molecule has 0 unspecified atom stereocenters. The second-order valence-electron chi connectivity index (χ2n) is 6.76. The van der Waals surface area contributed by atoms with Crippen molar-refractivity contribution < 1.29 is 14.3 Å². The van der Waals surface area contributed by atoms with E-state index < -0.39 is 0 Å². The Kier molecular flexibility index (Phi) is 6.47. The summed E-state index contributed by atoms with van der Waals surface area (Å²) in [5.74, 6) is 2.24. The molecule has 1 aromatic heterocycles. The van der Waals surface area contributed by atoms with Gasteiger partial charge in [0, 0.05) is 19.3 Å². The quantitative estimate of drug-likeness (QED) is 0.764. The van der Waals surface area contributed by atoms with Gasteiger partial charge >= 0.3 is 0 Å². The minimum absolute atomic E-state index is 0.0663. The first-order valence-corrected chi connectivity index (χ1v) is 9.21. The smallest absolute Gasteiger partial charge is 0.260 e. The number of aryl methyl sites for hydroxylation is 1. The topological polar surface area (TPSA) is 51.7 Å². The summed E-state index contributed by atoms with van der Waals surface area (Å²) in [6.45, 7) is 4.41. The number of aromatic nitrogens is 1. The monoisotopic (exact) mass is 354 g/mol. The van der Waals surface area contributed by atoms with Crippen LogP contribution in [-0.2, 0) is 4.79 Å². The molecule has 0 saturated carbocycles. The Morgan fingerprint density at radius 2 is 1.96 bits per heavy atom. The summed E-state index contributed by atoms with van der Waals surface area (Å²) in [6, 6.07) is 11.6. The maximum atomic E-state index is 12.3. The van der Waals surface area contributed by atoms with E-state index in [0.29, 0.717) is 12.5 Å². The van der Waals surface area contributed by atoms with E-state index in [9.17, 15) is 4.79 Å². The Morgan fingerprint density at radius 1 is 1.15 bits per heavy atom. The fourth-order valence-electron chi connectivity index (χ4n) is 3.19. The molecular formula is C21H26N2O3. The van der Waals surface area contributed by atoms with E-state index in [-0.39, 0.29) is 12.5 Å². The number of carbonyl (C=O) groups is 1. The van der Waals surface area contributed by atoms with Gasteiger partial charge in [0.25, 0.3) is 5.91 Å². The molecule has 1 aliphatic heterocycles. The average Bonchev–Trinajstić information content (AvgIpc) is 2.68. The third-order valence-corrected chi connectivity index (χ3v) is 4.75. The first kappa shape index (κ1) is 18.2. The number of amides is 1. The summed E-state index contributed by atoms with van der Waals surface area (Å²) in [5, 5.41) is 0.